The van der Waals surface area contributed by atoms with Gasteiger partial charge in [-0.1, -0.05) is 18.7 Å². The first-order chi connectivity index (χ1) is 5.81. The van der Waals surface area contributed by atoms with Gasteiger partial charge in [0.25, 0.3) is 0 Å². The molecule has 0 aromatic heterocycles. The third-order valence-corrected chi connectivity index (χ3v) is 0.887. The summed E-state index contributed by atoms with van der Waals surface area (Å²) in [6, 6.07) is 0. The molecule has 0 aliphatic rings. The summed E-state index contributed by atoms with van der Waals surface area (Å²) in [4.78, 5) is 10.7. The average Bonchev–Trinajstić information content (AvgIpc) is 2.09. The molecule has 0 saturated heterocycles. The molecule has 0 aliphatic heterocycles. The van der Waals surface area contributed by atoms with Gasteiger partial charge in [-0.2, -0.15) is 0 Å². The fourth-order valence-electron chi connectivity index (χ4n) is 0.438. The molecule has 0 atom stereocenters. The van der Waals surface area contributed by atoms with Crippen LogP contribution in [0.5, 0.6) is 0 Å². The Morgan fingerprint density at radius 1 is 1.33 bits per heavy atom. The van der Waals surface area contributed by atoms with Crippen LogP contribution in [0.2, 0.25) is 0 Å². The lowest BCUT2D eigenvalue weighted by molar-refractivity contribution is 0.114. The Morgan fingerprint density at radius 3 is 2.58 bits per heavy atom. The second-order valence-corrected chi connectivity index (χ2v) is 1.87. The molecule has 0 fully saturated rings. The van der Waals surface area contributed by atoms with Gasteiger partial charge >= 0.3 is 6.09 Å². The molecular weight excluding hydrogens is 158 g/mol. The van der Waals surface area contributed by atoms with Gasteiger partial charge in [0.15, 0.2) is 0 Å². The predicted octanol–water partition coefficient (Wildman–Crippen LogP) is 1.06. The van der Waals surface area contributed by atoms with Gasteiger partial charge in [0.05, 0.1) is 6.61 Å². The van der Waals surface area contributed by atoms with Crippen LogP contribution in [0.1, 0.15) is 0 Å². The first-order valence-electron chi connectivity index (χ1n) is 3.51. The standard InChI is InChI=1S/C8H13NO3/c1-3-5-11-7-9-8(10)12-6-4-2/h3-4H,1-2,5-7H2,(H,9,10). The summed E-state index contributed by atoms with van der Waals surface area (Å²) in [5.41, 5.74) is 0. The number of nitrogens with one attached hydrogen (secondary N) is 1. The minimum atomic E-state index is -0.515. The zero-order valence-electron chi connectivity index (χ0n) is 6.91. The van der Waals surface area contributed by atoms with E-state index < -0.39 is 6.09 Å². The van der Waals surface area contributed by atoms with Crippen LogP contribution in [0, 0.1) is 0 Å². The zero-order valence-corrected chi connectivity index (χ0v) is 6.91. The summed E-state index contributed by atoms with van der Waals surface area (Å²) in [7, 11) is 0. The van der Waals surface area contributed by atoms with Gasteiger partial charge in [-0.05, 0) is 0 Å². The molecule has 1 amide bonds. The Hall–Kier alpha value is -1.29. The monoisotopic (exact) mass is 171 g/mol. The van der Waals surface area contributed by atoms with E-state index in [1.54, 1.807) is 6.08 Å². The van der Waals surface area contributed by atoms with Crippen molar-refractivity contribution in [2.75, 3.05) is 19.9 Å². The highest BCUT2D eigenvalue weighted by Gasteiger charge is 1.96. The van der Waals surface area contributed by atoms with Crippen molar-refractivity contribution in [2.24, 2.45) is 0 Å². The van der Waals surface area contributed by atoms with Crippen LogP contribution in [0.15, 0.2) is 25.3 Å². The smallest absolute Gasteiger partial charge is 0.409 e. The summed E-state index contributed by atoms with van der Waals surface area (Å²) in [5, 5.41) is 2.37. The Morgan fingerprint density at radius 2 is 2.00 bits per heavy atom. The van der Waals surface area contributed by atoms with Crippen LogP contribution < -0.4 is 5.32 Å². The Bertz CT molecular complexity index is 156. The lowest BCUT2D eigenvalue weighted by Crippen LogP contribution is -2.26. The molecule has 0 spiro atoms. The molecule has 0 rings (SSSR count). The van der Waals surface area contributed by atoms with E-state index in [1.165, 1.54) is 6.08 Å². The van der Waals surface area contributed by atoms with Crippen molar-refractivity contribution in [3.8, 4) is 0 Å². The average molecular weight is 171 g/mol. The van der Waals surface area contributed by atoms with Gasteiger partial charge in [0.2, 0.25) is 0 Å². The van der Waals surface area contributed by atoms with E-state index in [-0.39, 0.29) is 13.3 Å². The zero-order chi connectivity index (χ0) is 9.23. The van der Waals surface area contributed by atoms with Crippen molar-refractivity contribution in [2.45, 2.75) is 0 Å². The van der Waals surface area contributed by atoms with E-state index in [0.29, 0.717) is 6.61 Å². The molecule has 12 heavy (non-hydrogen) atoms. The van der Waals surface area contributed by atoms with Gasteiger partial charge in [-0.15, -0.1) is 6.58 Å². The van der Waals surface area contributed by atoms with Crippen molar-refractivity contribution < 1.29 is 14.3 Å². The van der Waals surface area contributed by atoms with Crippen molar-refractivity contribution >= 4 is 6.09 Å². The third kappa shape index (κ3) is 6.82. The van der Waals surface area contributed by atoms with Crippen molar-refractivity contribution in [3.05, 3.63) is 25.3 Å². The highest BCUT2D eigenvalue weighted by Crippen LogP contribution is 1.78. The molecule has 0 saturated carbocycles. The summed E-state index contributed by atoms with van der Waals surface area (Å²) in [6.45, 7) is 7.57. The molecule has 0 radical (unpaired) electrons. The van der Waals surface area contributed by atoms with Crippen LogP contribution in [-0.2, 0) is 9.47 Å². The number of amides is 1. The fourth-order valence-corrected chi connectivity index (χ4v) is 0.438. The Balaban J connectivity index is 3.19. The van der Waals surface area contributed by atoms with Gasteiger partial charge in [-0.3, -0.25) is 5.32 Å². The first-order valence-corrected chi connectivity index (χ1v) is 3.51. The molecule has 0 aliphatic carbocycles. The van der Waals surface area contributed by atoms with Gasteiger partial charge in [-0.25, -0.2) is 4.79 Å². The Kier molecular flexibility index (Phi) is 6.97. The third-order valence-electron chi connectivity index (χ3n) is 0.887. The quantitative estimate of drug-likeness (QED) is 0.369. The second-order valence-electron chi connectivity index (χ2n) is 1.87. The maximum atomic E-state index is 10.7. The SMILES string of the molecule is C=CCOCNC(=O)OCC=C. The fraction of sp³-hybridized carbons (Fsp3) is 0.375. The summed E-state index contributed by atoms with van der Waals surface area (Å²) >= 11 is 0. The van der Waals surface area contributed by atoms with E-state index in [2.05, 4.69) is 23.2 Å². The Labute approximate surface area is 71.9 Å². The number of carbonyl (C=O) groups excluding carboxylic acids is 1. The van der Waals surface area contributed by atoms with E-state index in [4.69, 9.17) is 4.74 Å². The van der Waals surface area contributed by atoms with Gasteiger partial charge in [0, 0.05) is 0 Å². The largest absolute Gasteiger partial charge is 0.445 e. The lowest BCUT2D eigenvalue weighted by atomic mass is 10.7. The van der Waals surface area contributed by atoms with Gasteiger partial charge < -0.3 is 9.47 Å². The molecule has 0 unspecified atom stereocenters. The molecule has 0 aromatic carbocycles. The summed E-state index contributed by atoms with van der Waals surface area (Å²) in [6.07, 6.45) is 2.57. The van der Waals surface area contributed by atoms with E-state index in [9.17, 15) is 4.79 Å². The van der Waals surface area contributed by atoms with Crippen LogP contribution in [-0.4, -0.2) is 26.0 Å². The maximum Gasteiger partial charge on any atom is 0.409 e. The van der Waals surface area contributed by atoms with E-state index in [1.807, 2.05) is 0 Å². The highest BCUT2D eigenvalue weighted by molar-refractivity contribution is 5.66. The number of hydrogen-bond donors (Lipinski definition) is 1. The van der Waals surface area contributed by atoms with Crippen molar-refractivity contribution in [1.82, 2.24) is 5.32 Å². The summed E-state index contributed by atoms with van der Waals surface area (Å²) < 4.78 is 9.48. The van der Waals surface area contributed by atoms with Crippen LogP contribution in [0.4, 0.5) is 4.79 Å². The molecule has 4 nitrogen and oxygen atoms in total. The molecular formula is C8H13NO3. The molecule has 1 N–H and O–H groups in total. The molecule has 0 bridgehead atoms. The molecule has 0 heterocycles. The summed E-state index contributed by atoms with van der Waals surface area (Å²) in [5.74, 6) is 0. The molecule has 0 aromatic rings. The number of ether oxygens (including phenoxy) is 2. The number of carbonyl (C=O) groups is 1. The molecule has 4 heteroatoms. The van der Waals surface area contributed by atoms with Crippen LogP contribution >= 0.6 is 0 Å². The maximum absolute atomic E-state index is 10.7. The van der Waals surface area contributed by atoms with Crippen LogP contribution in [0.25, 0.3) is 0 Å². The van der Waals surface area contributed by atoms with Crippen molar-refractivity contribution in [1.29, 1.82) is 0 Å². The van der Waals surface area contributed by atoms with E-state index >= 15 is 0 Å². The predicted molar refractivity (Wildman–Crippen MR) is 45.7 cm³/mol. The lowest BCUT2D eigenvalue weighted by Gasteiger charge is -2.04. The minimum absolute atomic E-state index is 0.127. The molecule has 68 valence electrons. The number of alkyl carbamates (subject to hydrolysis) is 1. The first kappa shape index (κ1) is 10.7. The second kappa shape index (κ2) is 7.81. The topological polar surface area (TPSA) is 47.6 Å². The number of rotatable bonds is 6. The highest BCUT2D eigenvalue weighted by atomic mass is 16.6. The van der Waals surface area contributed by atoms with Gasteiger partial charge in [0.1, 0.15) is 13.3 Å². The van der Waals surface area contributed by atoms with E-state index in [0.717, 1.165) is 0 Å². The number of hydrogen-bond acceptors (Lipinski definition) is 3. The normalized spacial score (nSPS) is 8.67. The minimum Gasteiger partial charge on any atom is -0.445 e. The van der Waals surface area contributed by atoms with Crippen LogP contribution in [0.3, 0.4) is 0 Å². The van der Waals surface area contributed by atoms with Crippen molar-refractivity contribution in [3.63, 3.8) is 0 Å².